The Bertz CT molecular complexity index is 424. The molecule has 0 aliphatic heterocycles. The van der Waals surface area contributed by atoms with Crippen LogP contribution < -0.4 is 5.73 Å². The molecule has 0 amide bonds. The lowest BCUT2D eigenvalue weighted by molar-refractivity contribution is 0.532. The quantitative estimate of drug-likeness (QED) is 0.701. The Labute approximate surface area is 74.6 Å². The molecule has 0 aliphatic rings. The van der Waals surface area contributed by atoms with Gasteiger partial charge in [0, 0.05) is 13.1 Å². The van der Waals surface area contributed by atoms with Crippen LogP contribution in [-0.4, -0.2) is 15.0 Å². The van der Waals surface area contributed by atoms with E-state index in [9.17, 15) is 0 Å². The van der Waals surface area contributed by atoms with Gasteiger partial charge in [-0.15, -0.1) is 0 Å². The highest BCUT2D eigenvalue weighted by Gasteiger charge is 2.04. The van der Waals surface area contributed by atoms with Gasteiger partial charge in [0.15, 0.2) is 11.7 Å². The van der Waals surface area contributed by atoms with E-state index in [1.54, 1.807) is 25.4 Å². The second-order valence-corrected chi connectivity index (χ2v) is 2.54. The van der Waals surface area contributed by atoms with E-state index < -0.39 is 0 Å². The van der Waals surface area contributed by atoms with Crippen LogP contribution in [0.25, 0.3) is 11.5 Å². The lowest BCUT2D eigenvalue weighted by atomic mass is 10.3. The van der Waals surface area contributed by atoms with Gasteiger partial charge in [-0.1, -0.05) is 0 Å². The number of hydrogen-bond acceptors (Lipinski definition) is 5. The second-order valence-electron chi connectivity index (χ2n) is 2.54. The highest BCUT2D eigenvalue weighted by molar-refractivity contribution is 5.51. The molecule has 2 rings (SSSR count). The van der Waals surface area contributed by atoms with Crippen molar-refractivity contribution in [1.82, 2.24) is 15.0 Å². The van der Waals surface area contributed by atoms with Gasteiger partial charge in [0.1, 0.15) is 5.69 Å². The van der Waals surface area contributed by atoms with Crippen LogP contribution in [0.15, 0.2) is 22.9 Å². The van der Waals surface area contributed by atoms with Crippen LogP contribution in [0.3, 0.4) is 0 Å². The zero-order valence-corrected chi connectivity index (χ0v) is 7.06. The summed E-state index contributed by atoms with van der Waals surface area (Å²) in [4.78, 5) is 11.7. The molecule has 0 fully saturated rings. The maximum atomic E-state index is 5.42. The smallest absolute Gasteiger partial charge is 0.220 e. The normalized spacial score (nSPS) is 10.2. The van der Waals surface area contributed by atoms with E-state index in [4.69, 9.17) is 10.2 Å². The molecule has 2 N–H and O–H groups in total. The molecule has 0 aromatic carbocycles. The van der Waals surface area contributed by atoms with Gasteiger partial charge in [-0.05, 0) is 6.07 Å². The molecule has 2 heterocycles. The van der Waals surface area contributed by atoms with Gasteiger partial charge in [-0.25, -0.2) is 15.0 Å². The summed E-state index contributed by atoms with van der Waals surface area (Å²) in [5.41, 5.74) is 6.06. The molecule has 0 unspecified atom stereocenters. The van der Waals surface area contributed by atoms with Crippen LogP contribution in [0.5, 0.6) is 0 Å². The van der Waals surface area contributed by atoms with Crippen molar-refractivity contribution in [2.24, 2.45) is 0 Å². The van der Waals surface area contributed by atoms with Crippen LogP contribution >= 0.6 is 0 Å². The number of rotatable bonds is 1. The molecule has 0 atom stereocenters. The first-order valence-corrected chi connectivity index (χ1v) is 3.77. The van der Waals surface area contributed by atoms with Crippen molar-refractivity contribution in [3.63, 3.8) is 0 Å². The van der Waals surface area contributed by atoms with Gasteiger partial charge in [0.25, 0.3) is 0 Å². The number of aryl methyl sites for hydroxylation is 1. The zero-order valence-electron chi connectivity index (χ0n) is 7.06. The molecular weight excluding hydrogens is 168 g/mol. The number of anilines is 1. The molecule has 0 aliphatic carbocycles. The van der Waals surface area contributed by atoms with Gasteiger partial charge in [0.05, 0.1) is 6.20 Å². The Morgan fingerprint density at radius 1 is 1.38 bits per heavy atom. The fourth-order valence-corrected chi connectivity index (χ4v) is 0.991. The second kappa shape index (κ2) is 2.85. The van der Waals surface area contributed by atoms with E-state index >= 15 is 0 Å². The van der Waals surface area contributed by atoms with Crippen molar-refractivity contribution in [2.75, 3.05) is 5.73 Å². The number of nitrogen functional groups attached to an aromatic ring is 1. The molecule has 0 radical (unpaired) electrons. The summed E-state index contributed by atoms with van der Waals surface area (Å²) >= 11 is 0. The van der Waals surface area contributed by atoms with Crippen molar-refractivity contribution >= 4 is 5.95 Å². The topological polar surface area (TPSA) is 77.8 Å². The van der Waals surface area contributed by atoms with E-state index in [-0.39, 0.29) is 5.95 Å². The predicted octanol–water partition coefficient (Wildman–Crippen LogP) is 1.02. The first-order valence-electron chi connectivity index (χ1n) is 3.77. The standard InChI is InChI=1S/C8H8N4O/c1-5-11-4-7(13-5)6-2-3-10-8(9)12-6/h2-4H,1H3,(H2,9,10,12). The first kappa shape index (κ1) is 7.72. The van der Waals surface area contributed by atoms with Crippen LogP contribution in [0.4, 0.5) is 5.95 Å². The Morgan fingerprint density at radius 3 is 2.85 bits per heavy atom. The molecule has 5 heteroatoms. The monoisotopic (exact) mass is 176 g/mol. The molecule has 5 nitrogen and oxygen atoms in total. The summed E-state index contributed by atoms with van der Waals surface area (Å²) in [6.07, 6.45) is 3.19. The van der Waals surface area contributed by atoms with Crippen molar-refractivity contribution < 1.29 is 4.42 Å². The molecule has 0 saturated heterocycles. The van der Waals surface area contributed by atoms with Crippen LogP contribution in [0, 0.1) is 6.92 Å². The maximum absolute atomic E-state index is 5.42. The minimum Gasteiger partial charge on any atom is -0.439 e. The zero-order chi connectivity index (χ0) is 9.26. The number of nitrogens with two attached hydrogens (primary N) is 1. The summed E-state index contributed by atoms with van der Waals surface area (Å²) in [6, 6.07) is 1.72. The van der Waals surface area contributed by atoms with E-state index in [0.717, 1.165) is 0 Å². The molecule has 66 valence electrons. The van der Waals surface area contributed by atoms with E-state index in [1.165, 1.54) is 0 Å². The van der Waals surface area contributed by atoms with Crippen molar-refractivity contribution in [2.45, 2.75) is 6.92 Å². The summed E-state index contributed by atoms with van der Waals surface area (Å²) in [5, 5.41) is 0. The third-order valence-corrected chi connectivity index (χ3v) is 1.55. The number of oxazole rings is 1. The SMILES string of the molecule is Cc1ncc(-c2ccnc(N)n2)o1. The van der Waals surface area contributed by atoms with E-state index in [2.05, 4.69) is 15.0 Å². The minimum absolute atomic E-state index is 0.228. The van der Waals surface area contributed by atoms with Gasteiger partial charge < -0.3 is 10.2 Å². The van der Waals surface area contributed by atoms with Gasteiger partial charge in [0.2, 0.25) is 5.95 Å². The summed E-state index contributed by atoms with van der Waals surface area (Å²) < 4.78 is 5.27. The lowest BCUT2D eigenvalue weighted by Gasteiger charge is -1.94. The van der Waals surface area contributed by atoms with Gasteiger partial charge >= 0.3 is 0 Å². The molecule has 2 aromatic rings. The van der Waals surface area contributed by atoms with E-state index in [1.807, 2.05) is 0 Å². The predicted molar refractivity (Wildman–Crippen MR) is 46.7 cm³/mol. The van der Waals surface area contributed by atoms with Crippen LogP contribution in [-0.2, 0) is 0 Å². The largest absolute Gasteiger partial charge is 0.439 e. The van der Waals surface area contributed by atoms with Crippen molar-refractivity contribution in [1.29, 1.82) is 0 Å². The summed E-state index contributed by atoms with van der Waals surface area (Å²) in [7, 11) is 0. The maximum Gasteiger partial charge on any atom is 0.220 e. The van der Waals surface area contributed by atoms with Crippen molar-refractivity contribution in [3.05, 3.63) is 24.4 Å². The van der Waals surface area contributed by atoms with Crippen molar-refractivity contribution in [3.8, 4) is 11.5 Å². The Morgan fingerprint density at radius 2 is 2.23 bits per heavy atom. The Hall–Kier alpha value is -1.91. The van der Waals surface area contributed by atoms with Crippen LogP contribution in [0.1, 0.15) is 5.89 Å². The first-order chi connectivity index (χ1) is 6.25. The van der Waals surface area contributed by atoms with Gasteiger partial charge in [-0.3, -0.25) is 0 Å². The minimum atomic E-state index is 0.228. The highest BCUT2D eigenvalue weighted by atomic mass is 16.4. The van der Waals surface area contributed by atoms with Gasteiger partial charge in [-0.2, -0.15) is 0 Å². The molecule has 2 aromatic heterocycles. The third-order valence-electron chi connectivity index (χ3n) is 1.55. The average Bonchev–Trinajstić information content (AvgIpc) is 2.52. The molecular formula is C8H8N4O. The molecule has 13 heavy (non-hydrogen) atoms. The molecule has 0 spiro atoms. The molecule has 0 bridgehead atoms. The Kier molecular flexibility index (Phi) is 1.70. The summed E-state index contributed by atoms with van der Waals surface area (Å²) in [6.45, 7) is 1.77. The third kappa shape index (κ3) is 1.48. The fourth-order valence-electron chi connectivity index (χ4n) is 0.991. The number of aromatic nitrogens is 3. The Balaban J connectivity index is 2.46. The number of nitrogens with zero attached hydrogens (tertiary/aromatic N) is 3. The highest BCUT2D eigenvalue weighted by Crippen LogP contribution is 2.17. The van der Waals surface area contributed by atoms with E-state index in [0.29, 0.717) is 17.3 Å². The molecule has 0 saturated carbocycles. The van der Waals surface area contributed by atoms with Crippen LogP contribution in [0.2, 0.25) is 0 Å². The average molecular weight is 176 g/mol. The number of hydrogen-bond donors (Lipinski definition) is 1. The lowest BCUT2D eigenvalue weighted by Crippen LogP contribution is -1.94. The fraction of sp³-hybridized carbons (Fsp3) is 0.125. The summed E-state index contributed by atoms with van der Waals surface area (Å²) in [5.74, 6) is 1.44.